The summed E-state index contributed by atoms with van der Waals surface area (Å²) in [7, 11) is 3.76. The predicted octanol–water partition coefficient (Wildman–Crippen LogP) is 4.51. The molecule has 3 nitrogen and oxygen atoms in total. The summed E-state index contributed by atoms with van der Waals surface area (Å²) in [6.45, 7) is 6.31. The van der Waals surface area contributed by atoms with Crippen molar-refractivity contribution in [3.63, 3.8) is 0 Å². The number of likely N-dealkylation sites (N-methyl/N-ethyl adjacent to an activating group) is 1. The molecule has 26 heavy (non-hydrogen) atoms. The Morgan fingerprint density at radius 3 is 2.35 bits per heavy atom. The summed E-state index contributed by atoms with van der Waals surface area (Å²) in [4.78, 5) is 15.2. The molecular weight excluding hydrogens is 322 g/mol. The summed E-state index contributed by atoms with van der Waals surface area (Å²) < 4.78 is 5.23. The first-order valence-corrected chi connectivity index (χ1v) is 9.38. The van der Waals surface area contributed by atoms with Crippen LogP contribution in [0.5, 0.6) is 5.75 Å². The number of aryl methyl sites for hydroxylation is 3. The van der Waals surface area contributed by atoms with E-state index in [1.54, 1.807) is 7.11 Å². The Hall–Kier alpha value is -2.13. The van der Waals surface area contributed by atoms with Crippen molar-refractivity contribution in [3.05, 3.63) is 64.7 Å². The fourth-order valence-corrected chi connectivity index (χ4v) is 4.02. The minimum Gasteiger partial charge on any atom is -0.497 e. The smallest absolute Gasteiger partial charge is 0.154 e. The molecule has 3 atom stereocenters. The topological polar surface area (TPSA) is 29.5 Å². The first kappa shape index (κ1) is 18.7. The predicted molar refractivity (Wildman–Crippen MR) is 106 cm³/mol. The van der Waals surface area contributed by atoms with E-state index in [1.165, 1.54) is 22.3 Å². The van der Waals surface area contributed by atoms with Crippen molar-refractivity contribution < 1.29 is 9.53 Å². The molecule has 1 saturated heterocycles. The molecule has 0 amide bonds. The Kier molecular flexibility index (Phi) is 5.47. The van der Waals surface area contributed by atoms with E-state index in [-0.39, 0.29) is 18.0 Å². The summed E-state index contributed by atoms with van der Waals surface area (Å²) in [5.41, 5.74) is 5.09. The third kappa shape index (κ3) is 3.54. The standard InChI is InChI=1S/C23H29NO2/c1-15-6-10-19(14-16(15)2)22-21(23(25)17(3)24(22)4)13-9-18-7-11-20(26-5)12-8-18/h6-8,10-12,14,17,21-22H,9,13H2,1-5H3. The highest BCUT2D eigenvalue weighted by Gasteiger charge is 2.44. The monoisotopic (exact) mass is 351 g/mol. The van der Waals surface area contributed by atoms with Crippen molar-refractivity contribution in [2.75, 3.05) is 14.2 Å². The zero-order chi connectivity index (χ0) is 18.8. The molecule has 0 bridgehead atoms. The van der Waals surface area contributed by atoms with Gasteiger partial charge in [-0.05, 0) is 75.0 Å². The number of rotatable bonds is 5. The zero-order valence-corrected chi connectivity index (χ0v) is 16.5. The summed E-state index contributed by atoms with van der Waals surface area (Å²) in [6.07, 6.45) is 1.78. The highest BCUT2D eigenvalue weighted by Crippen LogP contribution is 2.40. The van der Waals surface area contributed by atoms with Crippen LogP contribution >= 0.6 is 0 Å². The molecule has 0 aromatic heterocycles. The fourth-order valence-electron chi connectivity index (χ4n) is 4.02. The van der Waals surface area contributed by atoms with Crippen molar-refractivity contribution in [1.29, 1.82) is 0 Å². The number of Topliss-reactive ketones (excluding diaryl/α,β-unsaturated/α-hetero) is 1. The molecule has 1 aliphatic rings. The largest absolute Gasteiger partial charge is 0.497 e. The van der Waals surface area contributed by atoms with Crippen LogP contribution in [0.25, 0.3) is 0 Å². The maximum absolute atomic E-state index is 12.9. The van der Waals surface area contributed by atoms with Gasteiger partial charge >= 0.3 is 0 Å². The van der Waals surface area contributed by atoms with Crippen molar-refractivity contribution in [1.82, 2.24) is 4.90 Å². The van der Waals surface area contributed by atoms with Crippen LogP contribution in [0.15, 0.2) is 42.5 Å². The van der Waals surface area contributed by atoms with Gasteiger partial charge < -0.3 is 4.74 Å². The Morgan fingerprint density at radius 1 is 1.04 bits per heavy atom. The minimum absolute atomic E-state index is 0.0255. The van der Waals surface area contributed by atoms with Gasteiger partial charge in [0.15, 0.2) is 5.78 Å². The third-order valence-corrected chi connectivity index (χ3v) is 5.98. The molecule has 138 valence electrons. The lowest BCUT2D eigenvalue weighted by atomic mass is 9.86. The number of carbonyl (C=O) groups is 1. The summed E-state index contributed by atoms with van der Waals surface area (Å²) in [6, 6.07) is 14.9. The molecule has 0 spiro atoms. The van der Waals surface area contributed by atoms with Gasteiger partial charge in [0.25, 0.3) is 0 Å². The number of likely N-dealkylation sites (tertiary alicyclic amines) is 1. The molecule has 0 saturated carbocycles. The van der Waals surface area contributed by atoms with Gasteiger partial charge in [-0.15, -0.1) is 0 Å². The minimum atomic E-state index is -0.0255. The molecule has 3 unspecified atom stereocenters. The number of hydrogen-bond donors (Lipinski definition) is 0. The number of carbonyl (C=O) groups excluding carboxylic acids is 1. The lowest BCUT2D eigenvalue weighted by Crippen LogP contribution is -2.27. The molecule has 2 aromatic carbocycles. The normalized spacial score (nSPS) is 23.4. The molecule has 3 heteroatoms. The van der Waals surface area contributed by atoms with E-state index >= 15 is 0 Å². The molecule has 3 rings (SSSR count). The van der Waals surface area contributed by atoms with Gasteiger partial charge in [0.1, 0.15) is 5.75 Å². The quantitative estimate of drug-likeness (QED) is 0.794. The number of ketones is 1. The van der Waals surface area contributed by atoms with Crippen molar-refractivity contribution in [2.24, 2.45) is 5.92 Å². The average Bonchev–Trinajstić information content (AvgIpc) is 2.86. The lowest BCUT2D eigenvalue weighted by molar-refractivity contribution is -0.122. The lowest BCUT2D eigenvalue weighted by Gasteiger charge is -2.26. The molecule has 1 fully saturated rings. The maximum Gasteiger partial charge on any atom is 0.154 e. The second-order valence-electron chi connectivity index (χ2n) is 7.53. The van der Waals surface area contributed by atoms with E-state index in [1.807, 2.05) is 19.1 Å². The van der Waals surface area contributed by atoms with Gasteiger partial charge in [0, 0.05) is 12.0 Å². The first-order chi connectivity index (χ1) is 12.4. The summed E-state index contributed by atoms with van der Waals surface area (Å²) >= 11 is 0. The number of nitrogens with zero attached hydrogens (tertiary/aromatic N) is 1. The van der Waals surface area contributed by atoms with Crippen LogP contribution in [0.3, 0.4) is 0 Å². The van der Waals surface area contributed by atoms with E-state index in [9.17, 15) is 4.79 Å². The SMILES string of the molecule is COc1ccc(CCC2C(=O)C(C)N(C)C2c2ccc(C)c(C)c2)cc1. The molecule has 1 aliphatic heterocycles. The number of ether oxygens (including phenoxy) is 1. The van der Waals surface area contributed by atoms with Crippen molar-refractivity contribution >= 4 is 5.78 Å². The van der Waals surface area contributed by atoms with Crippen molar-refractivity contribution in [2.45, 2.75) is 45.7 Å². The molecule has 0 radical (unpaired) electrons. The molecule has 0 N–H and O–H groups in total. The van der Waals surface area contributed by atoms with Gasteiger partial charge in [-0.25, -0.2) is 0 Å². The summed E-state index contributed by atoms with van der Waals surface area (Å²) in [5.74, 6) is 1.27. The Bertz CT molecular complexity index is 781. The molecule has 1 heterocycles. The average molecular weight is 351 g/mol. The first-order valence-electron chi connectivity index (χ1n) is 9.38. The Labute approximate surface area is 157 Å². The van der Waals surface area contributed by atoms with E-state index in [4.69, 9.17) is 4.74 Å². The molecule has 0 aliphatic carbocycles. The van der Waals surface area contributed by atoms with Crippen LogP contribution in [0.1, 0.15) is 41.6 Å². The van der Waals surface area contributed by atoms with Crippen LogP contribution in [-0.2, 0) is 11.2 Å². The zero-order valence-electron chi connectivity index (χ0n) is 16.5. The van der Waals surface area contributed by atoms with Crippen LogP contribution in [0.4, 0.5) is 0 Å². The van der Waals surface area contributed by atoms with Gasteiger partial charge in [-0.2, -0.15) is 0 Å². The van der Waals surface area contributed by atoms with Crippen LogP contribution in [-0.4, -0.2) is 30.9 Å². The Morgan fingerprint density at radius 2 is 1.73 bits per heavy atom. The molecule has 2 aromatic rings. The Balaban J connectivity index is 1.81. The van der Waals surface area contributed by atoms with E-state index in [0.29, 0.717) is 5.78 Å². The van der Waals surface area contributed by atoms with E-state index < -0.39 is 0 Å². The van der Waals surface area contributed by atoms with Gasteiger partial charge in [0.05, 0.1) is 13.2 Å². The van der Waals surface area contributed by atoms with E-state index in [0.717, 1.165) is 18.6 Å². The van der Waals surface area contributed by atoms with Gasteiger partial charge in [0.2, 0.25) is 0 Å². The number of hydrogen-bond acceptors (Lipinski definition) is 3. The van der Waals surface area contributed by atoms with Gasteiger partial charge in [-0.1, -0.05) is 30.3 Å². The maximum atomic E-state index is 12.9. The molecular formula is C23H29NO2. The van der Waals surface area contributed by atoms with Crippen LogP contribution in [0, 0.1) is 19.8 Å². The van der Waals surface area contributed by atoms with E-state index in [2.05, 4.69) is 56.1 Å². The summed E-state index contributed by atoms with van der Waals surface area (Å²) in [5, 5.41) is 0. The van der Waals surface area contributed by atoms with Crippen LogP contribution in [0.2, 0.25) is 0 Å². The van der Waals surface area contributed by atoms with Crippen molar-refractivity contribution in [3.8, 4) is 5.75 Å². The highest BCUT2D eigenvalue weighted by molar-refractivity contribution is 5.89. The van der Waals surface area contributed by atoms with Crippen LogP contribution < -0.4 is 4.74 Å². The highest BCUT2D eigenvalue weighted by atomic mass is 16.5. The second-order valence-corrected chi connectivity index (χ2v) is 7.53. The fraction of sp³-hybridized carbons (Fsp3) is 0.435. The third-order valence-electron chi connectivity index (χ3n) is 5.98. The van der Waals surface area contributed by atoms with Gasteiger partial charge in [-0.3, -0.25) is 9.69 Å². The number of benzene rings is 2. The second kappa shape index (κ2) is 7.63. The number of methoxy groups -OCH3 is 1.